The fourth-order valence-corrected chi connectivity index (χ4v) is 3.55. The van der Waals surface area contributed by atoms with Gasteiger partial charge in [0.05, 0.1) is 0 Å². The minimum Gasteiger partial charge on any atom is -0.349 e. The molecule has 0 saturated heterocycles. The van der Waals surface area contributed by atoms with Gasteiger partial charge in [0.15, 0.2) is 6.54 Å². The average Bonchev–Trinajstić information content (AvgIpc) is 2.80. The highest BCUT2D eigenvalue weighted by Crippen LogP contribution is 2.18. The van der Waals surface area contributed by atoms with Gasteiger partial charge in [-0.25, -0.2) is 9.18 Å². The first kappa shape index (κ1) is 21.3. The summed E-state index contributed by atoms with van der Waals surface area (Å²) in [7, 11) is 0. The second kappa shape index (κ2) is 9.05. The molecular formula is C24H22FN4O3+. The van der Waals surface area contributed by atoms with Gasteiger partial charge < -0.3 is 5.32 Å². The molecule has 0 saturated carbocycles. The van der Waals surface area contributed by atoms with Crippen molar-refractivity contribution in [2.45, 2.75) is 26.1 Å². The number of allylic oxidation sites excluding steroid dienone is 1. The predicted octanol–water partition coefficient (Wildman–Crippen LogP) is 2.38. The molecular weight excluding hydrogens is 411 g/mol. The summed E-state index contributed by atoms with van der Waals surface area (Å²) in [5.74, 6) is -1.18. The summed E-state index contributed by atoms with van der Waals surface area (Å²) < 4.78 is 14.3. The Balaban J connectivity index is 1.53. The number of fused-ring (bicyclic) bond motifs is 1. The molecule has 7 nitrogen and oxygen atoms in total. The van der Waals surface area contributed by atoms with Crippen molar-refractivity contribution < 1.29 is 23.3 Å². The lowest BCUT2D eigenvalue weighted by Gasteiger charge is -2.26. The van der Waals surface area contributed by atoms with Crippen molar-refractivity contribution in [3.63, 3.8) is 0 Å². The standard InChI is InChI=1S/C24H21FN4O3/c1-16-4-6-18(7-5-16)14-29-23(31)22-20(3-2-12-26-22)28(24(29)32)15-21(30)27-13-17-8-10-19(25)11-9-17/h2-12,22H,13-15H2,1H3/p+1. The third-order valence-electron chi connectivity index (χ3n) is 5.31. The fourth-order valence-electron chi connectivity index (χ4n) is 3.55. The maximum Gasteiger partial charge on any atom is 0.501 e. The van der Waals surface area contributed by atoms with E-state index in [0.29, 0.717) is 5.71 Å². The van der Waals surface area contributed by atoms with Crippen molar-refractivity contribution >= 4 is 29.8 Å². The highest BCUT2D eigenvalue weighted by Gasteiger charge is 2.48. The molecule has 0 aromatic heterocycles. The van der Waals surface area contributed by atoms with E-state index in [1.54, 1.807) is 24.3 Å². The van der Waals surface area contributed by atoms with Gasteiger partial charge in [-0.2, -0.15) is 14.3 Å². The van der Waals surface area contributed by atoms with E-state index in [4.69, 9.17) is 0 Å². The number of nitrogens with one attached hydrogen (secondary N) is 1. The molecule has 0 bridgehead atoms. The third-order valence-corrected chi connectivity index (χ3v) is 5.31. The molecule has 4 amide bonds. The molecule has 0 aliphatic carbocycles. The van der Waals surface area contributed by atoms with E-state index in [0.717, 1.165) is 21.6 Å². The van der Waals surface area contributed by atoms with Crippen molar-refractivity contribution in [1.82, 2.24) is 10.2 Å². The van der Waals surface area contributed by atoms with Crippen LogP contribution in [0.3, 0.4) is 0 Å². The van der Waals surface area contributed by atoms with E-state index in [1.807, 2.05) is 31.2 Å². The first-order chi connectivity index (χ1) is 15.4. The Morgan fingerprint density at radius 2 is 1.78 bits per heavy atom. The summed E-state index contributed by atoms with van der Waals surface area (Å²) in [5.41, 5.74) is 2.98. The summed E-state index contributed by atoms with van der Waals surface area (Å²) in [6, 6.07) is 11.9. The highest BCUT2D eigenvalue weighted by molar-refractivity contribution is 6.20. The number of aliphatic imine (C=N–C) groups is 1. The number of imide groups is 1. The Morgan fingerprint density at radius 3 is 2.50 bits per heavy atom. The van der Waals surface area contributed by atoms with Crippen molar-refractivity contribution in [1.29, 1.82) is 0 Å². The third kappa shape index (κ3) is 4.54. The molecule has 4 rings (SSSR count). The Kier molecular flexibility index (Phi) is 6.02. The number of hydrogen-bond donors (Lipinski definition) is 1. The van der Waals surface area contributed by atoms with Gasteiger partial charge in [0, 0.05) is 12.8 Å². The van der Waals surface area contributed by atoms with Crippen LogP contribution in [0.5, 0.6) is 0 Å². The van der Waals surface area contributed by atoms with Gasteiger partial charge in [0.25, 0.3) is 5.91 Å². The van der Waals surface area contributed by atoms with Gasteiger partial charge in [-0.05, 0) is 42.3 Å². The average molecular weight is 433 g/mol. The van der Waals surface area contributed by atoms with Crippen LogP contribution in [0.2, 0.25) is 0 Å². The van der Waals surface area contributed by atoms with Crippen molar-refractivity contribution in [3.8, 4) is 0 Å². The quantitative estimate of drug-likeness (QED) is 0.711. The van der Waals surface area contributed by atoms with Gasteiger partial charge in [-0.1, -0.05) is 42.0 Å². The number of hydrogen-bond acceptors (Lipinski definition) is 4. The van der Waals surface area contributed by atoms with E-state index in [-0.39, 0.29) is 25.5 Å². The second-order valence-corrected chi connectivity index (χ2v) is 7.67. The maximum atomic E-state index is 13.2. The zero-order chi connectivity index (χ0) is 22.7. The molecule has 0 radical (unpaired) electrons. The van der Waals surface area contributed by atoms with Crippen LogP contribution in [0, 0.1) is 12.7 Å². The number of halogens is 1. The number of rotatable bonds is 6. The van der Waals surface area contributed by atoms with E-state index >= 15 is 0 Å². The van der Waals surface area contributed by atoms with Crippen LogP contribution < -0.4 is 5.32 Å². The first-order valence-corrected chi connectivity index (χ1v) is 10.2. The van der Waals surface area contributed by atoms with Crippen LogP contribution in [0.25, 0.3) is 0 Å². The molecule has 2 aliphatic heterocycles. The van der Waals surface area contributed by atoms with Gasteiger partial charge in [-0.3, -0.25) is 9.79 Å². The Hall–Kier alpha value is -3.94. The summed E-state index contributed by atoms with van der Waals surface area (Å²) >= 11 is 0. The maximum absolute atomic E-state index is 13.2. The van der Waals surface area contributed by atoms with Crippen LogP contribution in [-0.2, 0) is 22.7 Å². The number of amides is 4. The normalized spacial score (nSPS) is 17.6. The van der Waals surface area contributed by atoms with Gasteiger partial charge in [0.1, 0.15) is 18.1 Å². The lowest BCUT2D eigenvalue weighted by atomic mass is 10.0. The molecule has 162 valence electrons. The summed E-state index contributed by atoms with van der Waals surface area (Å²) in [6.07, 6.45) is 4.77. The van der Waals surface area contributed by atoms with E-state index in [2.05, 4.69) is 10.3 Å². The van der Waals surface area contributed by atoms with E-state index in [1.165, 1.54) is 22.9 Å². The molecule has 2 heterocycles. The van der Waals surface area contributed by atoms with Crippen LogP contribution in [0.1, 0.15) is 16.7 Å². The van der Waals surface area contributed by atoms with E-state index in [9.17, 15) is 18.8 Å². The predicted molar refractivity (Wildman–Crippen MR) is 117 cm³/mol. The molecule has 1 unspecified atom stereocenters. The number of nitrogens with zero attached hydrogens (tertiary/aromatic N) is 3. The Labute approximate surface area is 184 Å². The lowest BCUT2D eigenvalue weighted by Crippen LogP contribution is -2.57. The topological polar surface area (TPSA) is 81.8 Å². The molecule has 2 aliphatic rings. The number of aryl methyl sites for hydroxylation is 1. The molecule has 0 spiro atoms. The van der Waals surface area contributed by atoms with Gasteiger partial charge in [-0.15, -0.1) is 0 Å². The van der Waals surface area contributed by atoms with Crippen LogP contribution in [0.4, 0.5) is 9.18 Å². The van der Waals surface area contributed by atoms with Crippen LogP contribution in [-0.4, -0.2) is 51.8 Å². The van der Waals surface area contributed by atoms with Crippen molar-refractivity contribution in [2.75, 3.05) is 6.54 Å². The zero-order valence-electron chi connectivity index (χ0n) is 17.5. The Morgan fingerprint density at radius 1 is 1.09 bits per heavy atom. The fraction of sp³-hybridized carbons (Fsp3) is 0.208. The molecule has 0 fully saturated rings. The summed E-state index contributed by atoms with van der Waals surface area (Å²) in [4.78, 5) is 44.2. The summed E-state index contributed by atoms with van der Waals surface area (Å²) in [6.45, 7) is 1.98. The van der Waals surface area contributed by atoms with Crippen LogP contribution >= 0.6 is 0 Å². The SMILES string of the molecule is Cc1ccc(CN2C(=O)C3N=CC=CC3=[N+](CC(=O)NCc3ccc(F)cc3)C2=O)cc1. The summed E-state index contributed by atoms with van der Waals surface area (Å²) in [5, 5.41) is 2.73. The van der Waals surface area contributed by atoms with Gasteiger partial charge >= 0.3 is 11.9 Å². The lowest BCUT2D eigenvalue weighted by molar-refractivity contribution is -0.428. The minimum atomic E-state index is -0.868. The van der Waals surface area contributed by atoms with Crippen molar-refractivity contribution in [2.24, 2.45) is 4.99 Å². The highest BCUT2D eigenvalue weighted by atomic mass is 19.1. The Bertz CT molecular complexity index is 1150. The van der Waals surface area contributed by atoms with Crippen molar-refractivity contribution in [3.05, 3.63) is 83.2 Å². The zero-order valence-corrected chi connectivity index (χ0v) is 17.5. The molecule has 2 aromatic rings. The number of benzene rings is 2. The smallest absolute Gasteiger partial charge is 0.349 e. The number of carbonyl (C=O) groups is 3. The van der Waals surface area contributed by atoms with E-state index < -0.39 is 23.9 Å². The molecule has 32 heavy (non-hydrogen) atoms. The minimum absolute atomic E-state index is 0.0919. The number of carbonyl (C=O) groups excluding carboxylic acids is 3. The van der Waals surface area contributed by atoms with Crippen LogP contribution in [0.15, 0.2) is 65.7 Å². The number of urea groups is 1. The largest absolute Gasteiger partial charge is 0.501 e. The molecule has 1 N–H and O–H groups in total. The monoisotopic (exact) mass is 433 g/mol. The second-order valence-electron chi connectivity index (χ2n) is 7.67. The molecule has 8 heteroatoms. The van der Waals surface area contributed by atoms with Gasteiger partial charge in [0.2, 0.25) is 6.04 Å². The first-order valence-electron chi connectivity index (χ1n) is 10.2. The number of dihydropyridines is 1. The molecule has 1 atom stereocenters. The molecule has 2 aromatic carbocycles.